The molecule has 0 unspecified atom stereocenters. The summed E-state index contributed by atoms with van der Waals surface area (Å²) >= 11 is 0. The van der Waals surface area contributed by atoms with E-state index in [-0.39, 0.29) is 5.41 Å². The van der Waals surface area contributed by atoms with E-state index in [4.69, 9.17) is 0 Å². The average molecular weight is 834 g/mol. The van der Waals surface area contributed by atoms with Gasteiger partial charge in [0.1, 0.15) is 0 Å². The van der Waals surface area contributed by atoms with Crippen molar-refractivity contribution in [3.63, 3.8) is 0 Å². The number of nitrogens with zero attached hydrogens (tertiary/aromatic N) is 3. The highest BCUT2D eigenvalue weighted by Crippen LogP contribution is 2.68. The van der Waals surface area contributed by atoms with E-state index in [1.807, 2.05) is 0 Å². The van der Waals surface area contributed by atoms with Crippen molar-refractivity contribution in [3.8, 4) is 22.5 Å². The van der Waals surface area contributed by atoms with Gasteiger partial charge >= 0.3 is 0 Å². The first-order valence-corrected chi connectivity index (χ1v) is 23.9. The highest BCUT2D eigenvalue weighted by atomic mass is 15.1. The minimum atomic E-state index is 0.0394. The molecule has 5 aliphatic rings. The molecule has 3 heterocycles. The van der Waals surface area contributed by atoms with Crippen molar-refractivity contribution < 1.29 is 0 Å². The van der Waals surface area contributed by atoms with Gasteiger partial charge in [0.2, 0.25) is 0 Å². The molecule has 0 atom stereocenters. The van der Waals surface area contributed by atoms with Crippen LogP contribution in [0, 0.1) is 23.7 Å². The van der Waals surface area contributed by atoms with Gasteiger partial charge in [0.15, 0.2) is 0 Å². The summed E-state index contributed by atoms with van der Waals surface area (Å²) in [5.41, 5.74) is 16.9. The van der Waals surface area contributed by atoms with E-state index < -0.39 is 0 Å². The molecule has 2 aromatic heterocycles. The minimum absolute atomic E-state index is 0.0394. The lowest BCUT2D eigenvalue weighted by atomic mass is 9.41. The van der Waals surface area contributed by atoms with Gasteiger partial charge in [-0.3, -0.25) is 0 Å². The van der Waals surface area contributed by atoms with Crippen LogP contribution in [0.2, 0.25) is 0 Å². The van der Waals surface area contributed by atoms with Crippen LogP contribution in [0.5, 0.6) is 0 Å². The molecular formula is C62H47N3. The standard InChI is InChI=1S/C62H47N3/c1-2-12-44-38-49(30-25-41(44)11-1)63(47-26-21-42(22-27-47)43-23-28-48(29-24-43)64-55-17-7-3-13-50(55)51-14-4-8-18-56(51)64)59-32-31-54-61-60(59)52-15-5-9-19-57(52)65(61)58-20-10-6-16-53(58)62(54)45-34-39-33-40(36-45)37-46(62)35-39/h1-32,38-40,45-46H,33-37H2. The predicted molar refractivity (Wildman–Crippen MR) is 271 cm³/mol. The van der Waals surface area contributed by atoms with Crippen LogP contribution in [0.25, 0.3) is 76.9 Å². The molecule has 4 fully saturated rings. The van der Waals surface area contributed by atoms with Crippen LogP contribution < -0.4 is 4.90 Å². The molecule has 9 aromatic carbocycles. The Kier molecular flexibility index (Phi) is 7.40. The number of fused-ring (bicyclic) bond motifs is 9. The van der Waals surface area contributed by atoms with Gasteiger partial charge in [0.25, 0.3) is 0 Å². The van der Waals surface area contributed by atoms with Crippen LogP contribution in [0.1, 0.15) is 43.2 Å². The Morgan fingerprint density at radius 2 is 0.969 bits per heavy atom. The SMILES string of the molecule is c1ccc2c(c1)-n1c3ccccc3c3c(N(c4ccc(-c5ccc(-n6c7ccccc7c7ccccc76)cc5)cc4)c4ccc5ccccc5c4)ccc(c31)C21C2CC3CC(C2)CC1C3. The first-order valence-electron chi connectivity index (χ1n) is 23.9. The number of aromatic nitrogens is 2. The molecule has 0 amide bonds. The fraction of sp³-hybridized carbons (Fsp3) is 0.161. The minimum Gasteiger partial charge on any atom is -0.310 e. The van der Waals surface area contributed by atoms with Crippen molar-refractivity contribution in [2.75, 3.05) is 4.90 Å². The van der Waals surface area contributed by atoms with E-state index >= 15 is 0 Å². The maximum Gasteiger partial charge on any atom is 0.0603 e. The number of para-hydroxylation sites is 4. The van der Waals surface area contributed by atoms with E-state index in [0.717, 1.165) is 17.5 Å². The summed E-state index contributed by atoms with van der Waals surface area (Å²) in [4.78, 5) is 2.54. The third-order valence-electron chi connectivity index (χ3n) is 16.7. The monoisotopic (exact) mass is 833 g/mol. The van der Waals surface area contributed by atoms with Gasteiger partial charge in [0.05, 0.1) is 33.4 Å². The summed E-state index contributed by atoms with van der Waals surface area (Å²) in [7, 11) is 0. The van der Waals surface area contributed by atoms with Crippen molar-refractivity contribution in [1.29, 1.82) is 0 Å². The van der Waals surface area contributed by atoms with Crippen molar-refractivity contribution >= 4 is 71.4 Å². The summed E-state index contributed by atoms with van der Waals surface area (Å²) in [5.74, 6) is 3.14. The van der Waals surface area contributed by atoms with Crippen LogP contribution in [0.4, 0.5) is 17.1 Å². The summed E-state index contributed by atoms with van der Waals surface area (Å²) in [6.45, 7) is 0. The molecule has 0 radical (unpaired) electrons. The Hall–Kier alpha value is -7.36. The zero-order valence-corrected chi connectivity index (χ0v) is 36.2. The quantitative estimate of drug-likeness (QED) is 0.168. The Morgan fingerprint density at radius 1 is 0.415 bits per heavy atom. The lowest BCUT2D eigenvalue weighted by molar-refractivity contribution is -0.0418. The number of hydrogen-bond acceptors (Lipinski definition) is 1. The Morgan fingerprint density at radius 3 is 1.66 bits per heavy atom. The van der Waals surface area contributed by atoms with E-state index in [1.54, 1.807) is 11.1 Å². The zero-order valence-electron chi connectivity index (χ0n) is 36.2. The molecule has 1 spiro atoms. The number of hydrogen-bond donors (Lipinski definition) is 0. The van der Waals surface area contributed by atoms with Gasteiger partial charge in [-0.05, 0) is 156 Å². The van der Waals surface area contributed by atoms with Gasteiger partial charge in [-0.25, -0.2) is 0 Å². The summed E-state index contributed by atoms with van der Waals surface area (Å²) in [6, 6.07) is 75.5. The van der Waals surface area contributed by atoms with Crippen LogP contribution >= 0.6 is 0 Å². The molecule has 0 N–H and O–H groups in total. The fourth-order valence-corrected chi connectivity index (χ4v) is 14.4. The smallest absolute Gasteiger partial charge is 0.0603 e. The van der Waals surface area contributed by atoms with Crippen LogP contribution in [0.15, 0.2) is 200 Å². The number of rotatable bonds is 5. The molecule has 0 saturated heterocycles. The summed E-state index contributed by atoms with van der Waals surface area (Å²) in [6.07, 6.45) is 6.91. The molecule has 16 rings (SSSR count). The first kappa shape index (κ1) is 36.0. The third kappa shape index (κ3) is 4.91. The highest BCUT2D eigenvalue weighted by molar-refractivity contribution is 6.18. The molecule has 1 aliphatic heterocycles. The largest absolute Gasteiger partial charge is 0.310 e. The van der Waals surface area contributed by atoms with Gasteiger partial charge < -0.3 is 14.0 Å². The van der Waals surface area contributed by atoms with Crippen LogP contribution in [-0.2, 0) is 5.41 Å². The normalized spacial score (nSPS) is 21.6. The van der Waals surface area contributed by atoms with Crippen molar-refractivity contribution in [2.45, 2.75) is 37.5 Å². The summed E-state index contributed by atoms with van der Waals surface area (Å²) < 4.78 is 5.05. The topological polar surface area (TPSA) is 13.1 Å². The molecule has 65 heavy (non-hydrogen) atoms. The van der Waals surface area contributed by atoms with Crippen molar-refractivity contribution in [1.82, 2.24) is 9.13 Å². The number of anilines is 3. The zero-order chi connectivity index (χ0) is 42.4. The third-order valence-corrected chi connectivity index (χ3v) is 16.7. The lowest BCUT2D eigenvalue weighted by Gasteiger charge is -2.63. The second-order valence-electron chi connectivity index (χ2n) is 19.7. The number of benzene rings is 9. The van der Waals surface area contributed by atoms with E-state index in [9.17, 15) is 0 Å². The van der Waals surface area contributed by atoms with E-state index in [2.05, 4.69) is 214 Å². The molecule has 3 nitrogen and oxygen atoms in total. The van der Waals surface area contributed by atoms with Gasteiger partial charge in [0, 0.05) is 44.0 Å². The average Bonchev–Trinajstić information content (AvgIpc) is 3.89. The van der Waals surface area contributed by atoms with Gasteiger partial charge in [-0.15, -0.1) is 0 Å². The molecule has 310 valence electrons. The highest BCUT2D eigenvalue weighted by Gasteiger charge is 2.61. The van der Waals surface area contributed by atoms with E-state index in [1.165, 1.54) is 120 Å². The molecule has 3 heteroatoms. The van der Waals surface area contributed by atoms with Crippen molar-refractivity contribution in [2.24, 2.45) is 23.7 Å². The second-order valence-corrected chi connectivity index (χ2v) is 19.7. The maximum absolute atomic E-state index is 2.65. The molecule has 4 aliphatic carbocycles. The second kappa shape index (κ2) is 13.3. The fourth-order valence-electron chi connectivity index (χ4n) is 14.4. The van der Waals surface area contributed by atoms with Crippen LogP contribution in [-0.4, -0.2) is 9.13 Å². The van der Waals surface area contributed by atoms with Gasteiger partial charge in [-0.1, -0.05) is 133 Å². The summed E-state index contributed by atoms with van der Waals surface area (Å²) in [5, 5.41) is 7.74. The molecular weight excluding hydrogens is 787 g/mol. The Balaban J connectivity index is 0.913. The Bertz CT molecular complexity index is 3650. The van der Waals surface area contributed by atoms with Crippen LogP contribution in [0.3, 0.4) is 0 Å². The lowest BCUT2D eigenvalue weighted by Crippen LogP contribution is -2.57. The Labute approximate surface area is 378 Å². The van der Waals surface area contributed by atoms with Gasteiger partial charge in [-0.2, -0.15) is 0 Å². The molecule has 11 aromatic rings. The molecule has 4 bridgehead atoms. The first-order chi connectivity index (χ1) is 32.2. The predicted octanol–water partition coefficient (Wildman–Crippen LogP) is 16.2. The maximum atomic E-state index is 2.65. The van der Waals surface area contributed by atoms with E-state index in [0.29, 0.717) is 11.8 Å². The molecule has 4 saturated carbocycles. The van der Waals surface area contributed by atoms with Crippen molar-refractivity contribution in [3.05, 3.63) is 211 Å².